The van der Waals surface area contributed by atoms with Gasteiger partial charge in [-0.2, -0.15) is 0 Å². The molecule has 0 aromatic carbocycles. The minimum Gasteiger partial charge on any atom is -0.308 e. The molecule has 1 aromatic heterocycles. The van der Waals surface area contributed by atoms with Crippen molar-refractivity contribution in [2.45, 2.75) is 4.90 Å². The Morgan fingerprint density at radius 2 is 1.95 bits per heavy atom. The van der Waals surface area contributed by atoms with Crippen molar-refractivity contribution in [3.63, 3.8) is 0 Å². The van der Waals surface area contributed by atoms with Crippen molar-refractivity contribution in [2.75, 3.05) is 24.8 Å². The molecule has 1 aromatic rings. The van der Waals surface area contributed by atoms with Crippen LogP contribution in [0.4, 0.5) is 5.82 Å². The summed E-state index contributed by atoms with van der Waals surface area (Å²) in [7, 11) is -5.99. The number of nitrogens with two attached hydrogens (primary N) is 1. The van der Waals surface area contributed by atoms with Gasteiger partial charge in [-0.3, -0.25) is 0 Å². The summed E-state index contributed by atoms with van der Waals surface area (Å²) in [5.74, 6) is 5.07. The van der Waals surface area contributed by atoms with Crippen molar-refractivity contribution in [3.8, 4) is 0 Å². The average Bonchev–Trinajstić information content (AvgIpc) is 2.38. The summed E-state index contributed by atoms with van der Waals surface area (Å²) in [4.78, 5) is 3.67. The first-order chi connectivity index (χ1) is 8.80. The Kier molecular flexibility index (Phi) is 5.20. The number of hydrazine groups is 1. The fourth-order valence-electron chi connectivity index (χ4n) is 1.12. The summed E-state index contributed by atoms with van der Waals surface area (Å²) in [5.41, 5.74) is 2.26. The maximum absolute atomic E-state index is 11.8. The first-order valence-corrected chi connectivity index (χ1v) is 8.28. The van der Waals surface area contributed by atoms with E-state index in [1.54, 1.807) is 0 Å². The number of aromatic nitrogens is 1. The van der Waals surface area contributed by atoms with Gasteiger partial charge in [0.25, 0.3) is 0 Å². The zero-order chi connectivity index (χ0) is 14.5. The lowest BCUT2D eigenvalue weighted by Crippen LogP contribution is -2.33. The topological polar surface area (TPSA) is 143 Å². The lowest BCUT2D eigenvalue weighted by Gasteiger charge is -2.07. The molecule has 9 nitrogen and oxygen atoms in total. The van der Waals surface area contributed by atoms with E-state index < -0.39 is 20.0 Å². The van der Waals surface area contributed by atoms with Crippen LogP contribution in [0.2, 0.25) is 0 Å². The average molecular weight is 309 g/mol. The molecule has 0 atom stereocenters. The quantitative estimate of drug-likeness (QED) is 0.343. The minimum atomic E-state index is -3.79. The van der Waals surface area contributed by atoms with Gasteiger partial charge in [0.2, 0.25) is 20.0 Å². The molecule has 0 spiro atoms. The Morgan fingerprint density at radius 1 is 1.26 bits per heavy atom. The van der Waals surface area contributed by atoms with E-state index in [1.807, 2.05) is 0 Å². The summed E-state index contributed by atoms with van der Waals surface area (Å²) in [6.45, 7) is -0.234. The summed E-state index contributed by atoms with van der Waals surface area (Å²) < 4.78 is 50.1. The molecule has 11 heteroatoms. The van der Waals surface area contributed by atoms with Crippen molar-refractivity contribution in [1.29, 1.82) is 0 Å². The Morgan fingerprint density at radius 3 is 2.42 bits per heavy atom. The molecule has 0 radical (unpaired) electrons. The molecule has 108 valence electrons. The molecular formula is C8H15N5O4S2. The second-order valence-corrected chi connectivity index (χ2v) is 7.26. The van der Waals surface area contributed by atoms with E-state index >= 15 is 0 Å². The number of anilines is 1. The Hall–Kier alpha value is -1.27. The molecule has 0 saturated carbocycles. The number of nitrogens with one attached hydrogen (secondary N) is 3. The van der Waals surface area contributed by atoms with Crippen LogP contribution in [0.3, 0.4) is 0 Å². The van der Waals surface area contributed by atoms with Gasteiger partial charge in [-0.25, -0.2) is 37.1 Å². The monoisotopic (exact) mass is 309 g/mol. The smallest absolute Gasteiger partial charge is 0.242 e. The van der Waals surface area contributed by atoms with Gasteiger partial charge >= 0.3 is 0 Å². The zero-order valence-electron chi connectivity index (χ0n) is 10.1. The third kappa shape index (κ3) is 4.72. The molecule has 0 fully saturated rings. The molecular weight excluding hydrogens is 294 g/mol. The molecule has 1 heterocycles. The molecule has 0 aliphatic rings. The van der Waals surface area contributed by atoms with Crippen molar-refractivity contribution in [1.82, 2.24) is 14.4 Å². The second-order valence-electron chi connectivity index (χ2n) is 3.44. The van der Waals surface area contributed by atoms with Gasteiger partial charge in [0.05, 0.1) is 5.75 Å². The number of nitrogens with zero attached hydrogens (tertiary/aromatic N) is 1. The fraction of sp³-hybridized carbons (Fsp3) is 0.375. The van der Waals surface area contributed by atoms with Gasteiger partial charge in [0, 0.05) is 12.7 Å². The predicted molar refractivity (Wildman–Crippen MR) is 70.1 cm³/mol. The molecule has 19 heavy (non-hydrogen) atoms. The van der Waals surface area contributed by atoms with Crippen molar-refractivity contribution < 1.29 is 16.8 Å². The number of nitrogen functional groups attached to an aromatic ring is 1. The first kappa shape index (κ1) is 15.8. The summed E-state index contributed by atoms with van der Waals surface area (Å²) in [5, 5.41) is 0. The van der Waals surface area contributed by atoms with Crippen LogP contribution in [0, 0.1) is 0 Å². The molecule has 0 aliphatic carbocycles. The first-order valence-electron chi connectivity index (χ1n) is 5.14. The lowest BCUT2D eigenvalue weighted by atomic mass is 10.5. The predicted octanol–water partition coefficient (Wildman–Crippen LogP) is -1.81. The highest BCUT2D eigenvalue weighted by Gasteiger charge is 2.15. The van der Waals surface area contributed by atoms with E-state index in [0.717, 1.165) is 6.20 Å². The van der Waals surface area contributed by atoms with Crippen LogP contribution < -0.4 is 20.7 Å². The van der Waals surface area contributed by atoms with Crippen molar-refractivity contribution >= 4 is 25.9 Å². The molecule has 0 unspecified atom stereocenters. The van der Waals surface area contributed by atoms with E-state index in [4.69, 9.17) is 5.84 Å². The Balaban J connectivity index is 2.70. The minimum absolute atomic E-state index is 0.0756. The lowest BCUT2D eigenvalue weighted by molar-refractivity contribution is 0.578. The summed E-state index contributed by atoms with van der Waals surface area (Å²) in [6.07, 6.45) is 1.12. The van der Waals surface area contributed by atoms with E-state index in [1.165, 1.54) is 19.2 Å². The fourth-order valence-corrected chi connectivity index (χ4v) is 2.80. The van der Waals surface area contributed by atoms with E-state index in [9.17, 15) is 16.8 Å². The standard InChI is InChI=1S/C8H15N5O4S2/c1-10-18(14,15)5-4-12-19(16,17)7-2-3-8(13-9)11-6-7/h2-3,6,10,12H,4-5,9H2,1H3,(H,11,13). The highest BCUT2D eigenvalue weighted by atomic mass is 32.2. The second kappa shape index (κ2) is 6.25. The van der Waals surface area contributed by atoms with Crippen LogP contribution in [0.25, 0.3) is 0 Å². The van der Waals surface area contributed by atoms with E-state index in [2.05, 4.69) is 19.9 Å². The molecule has 0 aliphatic heterocycles. The van der Waals surface area contributed by atoms with E-state index in [-0.39, 0.29) is 17.2 Å². The number of pyridine rings is 1. The van der Waals surface area contributed by atoms with Crippen LogP contribution in [0.5, 0.6) is 0 Å². The molecule has 1 rings (SSSR count). The van der Waals surface area contributed by atoms with Crippen LogP contribution >= 0.6 is 0 Å². The number of sulfonamides is 2. The maximum atomic E-state index is 11.8. The van der Waals surface area contributed by atoms with Gasteiger partial charge in [-0.1, -0.05) is 0 Å². The highest BCUT2D eigenvalue weighted by Crippen LogP contribution is 2.09. The highest BCUT2D eigenvalue weighted by molar-refractivity contribution is 7.90. The Labute approximate surface area is 111 Å². The van der Waals surface area contributed by atoms with Crippen LogP contribution in [0.1, 0.15) is 0 Å². The van der Waals surface area contributed by atoms with Gasteiger partial charge in [0.15, 0.2) is 0 Å². The van der Waals surface area contributed by atoms with Gasteiger partial charge < -0.3 is 5.43 Å². The number of hydrogen-bond donors (Lipinski definition) is 4. The van der Waals surface area contributed by atoms with Crippen LogP contribution in [-0.4, -0.2) is 41.2 Å². The summed E-state index contributed by atoms with van der Waals surface area (Å²) >= 11 is 0. The SMILES string of the molecule is CNS(=O)(=O)CCNS(=O)(=O)c1ccc(NN)nc1. The third-order valence-corrected chi connectivity index (χ3v) is 4.98. The Bertz CT molecular complexity index is 611. The normalized spacial score (nSPS) is 12.3. The largest absolute Gasteiger partial charge is 0.308 e. The number of rotatable bonds is 7. The van der Waals surface area contributed by atoms with Crippen molar-refractivity contribution in [3.05, 3.63) is 18.3 Å². The van der Waals surface area contributed by atoms with Gasteiger partial charge in [-0.15, -0.1) is 0 Å². The molecule has 0 amide bonds. The molecule has 0 saturated heterocycles. The van der Waals surface area contributed by atoms with E-state index in [0.29, 0.717) is 5.82 Å². The summed E-state index contributed by atoms with van der Waals surface area (Å²) in [6, 6.07) is 2.69. The zero-order valence-corrected chi connectivity index (χ0v) is 11.8. The van der Waals surface area contributed by atoms with Gasteiger partial charge in [-0.05, 0) is 19.2 Å². The maximum Gasteiger partial charge on any atom is 0.242 e. The third-order valence-electron chi connectivity index (χ3n) is 2.17. The molecule has 0 bridgehead atoms. The molecule has 5 N–H and O–H groups in total. The van der Waals surface area contributed by atoms with Crippen molar-refractivity contribution in [2.24, 2.45) is 5.84 Å². The van der Waals surface area contributed by atoms with Crippen LogP contribution in [-0.2, 0) is 20.0 Å². The van der Waals surface area contributed by atoms with Gasteiger partial charge in [0.1, 0.15) is 10.7 Å². The number of hydrogen-bond acceptors (Lipinski definition) is 7. The van der Waals surface area contributed by atoms with Crippen LogP contribution in [0.15, 0.2) is 23.2 Å².